The van der Waals surface area contributed by atoms with Crippen molar-refractivity contribution >= 4 is 11.6 Å². The van der Waals surface area contributed by atoms with Crippen molar-refractivity contribution in [3.05, 3.63) is 11.9 Å². The second-order valence-electron chi connectivity index (χ2n) is 2.91. The Morgan fingerprint density at radius 2 is 2.45 bits per heavy atom. The molecule has 1 aliphatic carbocycles. The highest BCUT2D eigenvalue weighted by Gasteiger charge is 2.20. The minimum atomic E-state index is 0.465. The van der Waals surface area contributed by atoms with Gasteiger partial charge in [-0.05, 0) is 19.3 Å². The fourth-order valence-electron chi connectivity index (χ4n) is 1.20. The predicted octanol–water partition coefficient (Wildman–Crippen LogP) is 1.74. The van der Waals surface area contributed by atoms with Gasteiger partial charge < -0.3 is 0 Å². The molecule has 1 fully saturated rings. The van der Waals surface area contributed by atoms with Gasteiger partial charge in [0.2, 0.25) is 0 Å². The molecule has 0 bridgehead atoms. The van der Waals surface area contributed by atoms with Gasteiger partial charge in [0.15, 0.2) is 0 Å². The van der Waals surface area contributed by atoms with Crippen LogP contribution in [-0.2, 0) is 5.88 Å². The first-order valence-corrected chi connectivity index (χ1v) is 4.40. The first kappa shape index (κ1) is 7.10. The van der Waals surface area contributed by atoms with Crippen molar-refractivity contribution in [3.63, 3.8) is 0 Å². The van der Waals surface area contributed by atoms with Gasteiger partial charge >= 0.3 is 0 Å². The molecule has 0 atom stereocenters. The minimum Gasteiger partial charge on any atom is -0.249 e. The molecule has 1 aromatic rings. The largest absolute Gasteiger partial charge is 0.249 e. The second kappa shape index (κ2) is 2.81. The smallest absolute Gasteiger partial charge is 0.0974 e. The van der Waals surface area contributed by atoms with Gasteiger partial charge in [0.1, 0.15) is 0 Å². The Morgan fingerprint density at radius 1 is 1.64 bits per heavy atom. The summed E-state index contributed by atoms with van der Waals surface area (Å²) in [6, 6.07) is 0.597. The molecule has 60 valence electrons. The molecular weight excluding hydrogens is 162 g/mol. The van der Waals surface area contributed by atoms with Crippen molar-refractivity contribution in [3.8, 4) is 0 Å². The van der Waals surface area contributed by atoms with E-state index in [1.165, 1.54) is 19.3 Å². The molecular formula is C7H10ClN3. The summed E-state index contributed by atoms with van der Waals surface area (Å²) in [6.45, 7) is 0. The number of hydrogen-bond acceptors (Lipinski definition) is 2. The average molecular weight is 172 g/mol. The predicted molar refractivity (Wildman–Crippen MR) is 42.5 cm³/mol. The fourth-order valence-corrected chi connectivity index (χ4v) is 1.33. The summed E-state index contributed by atoms with van der Waals surface area (Å²) in [5, 5.41) is 7.91. The van der Waals surface area contributed by atoms with Crippen molar-refractivity contribution < 1.29 is 0 Å². The zero-order chi connectivity index (χ0) is 7.68. The molecule has 2 rings (SSSR count). The van der Waals surface area contributed by atoms with E-state index in [1.807, 2.05) is 10.9 Å². The molecule has 1 aliphatic rings. The Labute approximate surface area is 70.3 Å². The van der Waals surface area contributed by atoms with E-state index >= 15 is 0 Å². The van der Waals surface area contributed by atoms with Crippen molar-refractivity contribution in [1.82, 2.24) is 15.0 Å². The van der Waals surface area contributed by atoms with Gasteiger partial charge in [0, 0.05) is 6.20 Å². The van der Waals surface area contributed by atoms with Gasteiger partial charge in [-0.1, -0.05) is 5.21 Å². The summed E-state index contributed by atoms with van der Waals surface area (Å²) in [5.74, 6) is 0.465. The Kier molecular flexibility index (Phi) is 1.82. The van der Waals surface area contributed by atoms with Crippen LogP contribution in [0.3, 0.4) is 0 Å². The fraction of sp³-hybridized carbons (Fsp3) is 0.714. The van der Waals surface area contributed by atoms with Crippen LogP contribution in [0.5, 0.6) is 0 Å². The van der Waals surface area contributed by atoms with Crippen LogP contribution in [0.25, 0.3) is 0 Å². The van der Waals surface area contributed by atoms with Crippen molar-refractivity contribution in [1.29, 1.82) is 0 Å². The lowest BCUT2D eigenvalue weighted by molar-refractivity contribution is 0.284. The molecule has 0 aliphatic heterocycles. The summed E-state index contributed by atoms with van der Waals surface area (Å²) in [7, 11) is 0. The van der Waals surface area contributed by atoms with Crippen LogP contribution in [0.4, 0.5) is 0 Å². The third-order valence-electron chi connectivity index (χ3n) is 2.14. The summed E-state index contributed by atoms with van der Waals surface area (Å²) in [4.78, 5) is 0. The van der Waals surface area contributed by atoms with E-state index in [4.69, 9.17) is 11.6 Å². The maximum Gasteiger partial charge on any atom is 0.0974 e. The highest BCUT2D eigenvalue weighted by molar-refractivity contribution is 6.16. The lowest BCUT2D eigenvalue weighted by atomic mass is 9.93. The normalized spacial score (nSPS) is 18.3. The highest BCUT2D eigenvalue weighted by atomic mass is 35.5. The van der Waals surface area contributed by atoms with Crippen LogP contribution in [0, 0.1) is 0 Å². The Morgan fingerprint density at radius 3 is 2.91 bits per heavy atom. The van der Waals surface area contributed by atoms with Gasteiger partial charge in [0.05, 0.1) is 17.6 Å². The van der Waals surface area contributed by atoms with Crippen LogP contribution in [0.2, 0.25) is 0 Å². The number of alkyl halides is 1. The topological polar surface area (TPSA) is 30.7 Å². The van der Waals surface area contributed by atoms with E-state index in [0.717, 1.165) is 5.69 Å². The molecule has 0 saturated heterocycles. The molecule has 0 aromatic carbocycles. The van der Waals surface area contributed by atoms with Gasteiger partial charge in [-0.2, -0.15) is 0 Å². The molecule has 3 nitrogen and oxygen atoms in total. The SMILES string of the molecule is ClCc1cn(C2CCC2)nn1. The third kappa shape index (κ3) is 1.25. The Hall–Kier alpha value is -0.570. The number of aromatic nitrogens is 3. The van der Waals surface area contributed by atoms with E-state index in [1.54, 1.807) is 0 Å². The van der Waals surface area contributed by atoms with Crippen LogP contribution in [0.15, 0.2) is 6.20 Å². The van der Waals surface area contributed by atoms with Crippen LogP contribution >= 0.6 is 11.6 Å². The first-order chi connectivity index (χ1) is 5.40. The molecule has 0 N–H and O–H groups in total. The number of nitrogens with zero attached hydrogens (tertiary/aromatic N) is 3. The van der Waals surface area contributed by atoms with Gasteiger partial charge in [0.25, 0.3) is 0 Å². The Balaban J connectivity index is 2.11. The maximum atomic E-state index is 5.59. The van der Waals surface area contributed by atoms with Crippen LogP contribution in [0.1, 0.15) is 31.0 Å². The van der Waals surface area contributed by atoms with Crippen LogP contribution < -0.4 is 0 Å². The van der Waals surface area contributed by atoms with E-state index in [0.29, 0.717) is 11.9 Å². The maximum absolute atomic E-state index is 5.59. The monoisotopic (exact) mass is 171 g/mol. The number of rotatable bonds is 2. The average Bonchev–Trinajstić information content (AvgIpc) is 2.32. The summed E-state index contributed by atoms with van der Waals surface area (Å²) in [6.07, 6.45) is 5.74. The van der Waals surface area contributed by atoms with Gasteiger partial charge in [-0.25, -0.2) is 4.68 Å². The highest BCUT2D eigenvalue weighted by Crippen LogP contribution is 2.30. The Bertz CT molecular complexity index is 242. The summed E-state index contributed by atoms with van der Waals surface area (Å²) in [5.41, 5.74) is 0.874. The second-order valence-corrected chi connectivity index (χ2v) is 3.18. The van der Waals surface area contributed by atoms with Gasteiger partial charge in [-0.15, -0.1) is 16.7 Å². The van der Waals surface area contributed by atoms with Gasteiger partial charge in [-0.3, -0.25) is 0 Å². The standard InChI is InChI=1S/C7H10ClN3/c8-4-6-5-11(10-9-6)7-2-1-3-7/h5,7H,1-4H2. The molecule has 1 saturated carbocycles. The van der Waals surface area contributed by atoms with E-state index in [9.17, 15) is 0 Å². The van der Waals surface area contributed by atoms with Crippen molar-refractivity contribution in [2.75, 3.05) is 0 Å². The van der Waals surface area contributed by atoms with Crippen molar-refractivity contribution in [2.45, 2.75) is 31.2 Å². The molecule has 1 heterocycles. The van der Waals surface area contributed by atoms with E-state index in [-0.39, 0.29) is 0 Å². The number of halogens is 1. The third-order valence-corrected chi connectivity index (χ3v) is 2.42. The molecule has 11 heavy (non-hydrogen) atoms. The molecule has 4 heteroatoms. The molecule has 0 amide bonds. The lowest BCUT2D eigenvalue weighted by Crippen LogP contribution is -2.17. The summed E-state index contributed by atoms with van der Waals surface area (Å²) < 4.78 is 1.93. The quantitative estimate of drug-likeness (QED) is 0.635. The van der Waals surface area contributed by atoms with Crippen molar-refractivity contribution in [2.24, 2.45) is 0 Å². The first-order valence-electron chi connectivity index (χ1n) is 3.87. The van der Waals surface area contributed by atoms with E-state index < -0.39 is 0 Å². The summed E-state index contributed by atoms with van der Waals surface area (Å²) >= 11 is 5.59. The molecule has 0 spiro atoms. The molecule has 1 aromatic heterocycles. The zero-order valence-electron chi connectivity index (χ0n) is 6.20. The minimum absolute atomic E-state index is 0.465. The molecule has 0 unspecified atom stereocenters. The van der Waals surface area contributed by atoms with E-state index in [2.05, 4.69) is 10.3 Å². The number of hydrogen-bond donors (Lipinski definition) is 0. The zero-order valence-corrected chi connectivity index (χ0v) is 6.96. The molecule has 0 radical (unpaired) electrons. The van der Waals surface area contributed by atoms with Crippen LogP contribution in [-0.4, -0.2) is 15.0 Å². The lowest BCUT2D eigenvalue weighted by Gasteiger charge is -2.24.